The van der Waals surface area contributed by atoms with Gasteiger partial charge in [0.15, 0.2) is 0 Å². The summed E-state index contributed by atoms with van der Waals surface area (Å²) in [6.45, 7) is 1.63. The summed E-state index contributed by atoms with van der Waals surface area (Å²) in [7, 11) is 0. The molecule has 0 fully saturated rings. The summed E-state index contributed by atoms with van der Waals surface area (Å²) in [5.74, 6) is 0.398. The lowest BCUT2D eigenvalue weighted by atomic mass is 10.1. The lowest BCUT2D eigenvalue weighted by Crippen LogP contribution is -2.23. The average Bonchev–Trinajstić information content (AvgIpc) is 2.08. The molecule has 0 radical (unpaired) electrons. The highest BCUT2D eigenvalue weighted by Gasteiger charge is 2.15. The van der Waals surface area contributed by atoms with Crippen LogP contribution in [0.2, 0.25) is 0 Å². The van der Waals surface area contributed by atoms with E-state index in [4.69, 9.17) is 11.5 Å². The minimum atomic E-state index is -0.613. The van der Waals surface area contributed by atoms with E-state index in [1.54, 1.807) is 19.2 Å². The second kappa shape index (κ2) is 4.04. The molecule has 0 amide bonds. The van der Waals surface area contributed by atoms with Gasteiger partial charge in [-0.25, -0.2) is 4.98 Å². The molecule has 5 heteroatoms. The lowest BCUT2D eigenvalue weighted by Gasteiger charge is -2.16. The van der Waals surface area contributed by atoms with Gasteiger partial charge in [-0.1, -0.05) is 0 Å². The van der Waals surface area contributed by atoms with Gasteiger partial charge < -0.3 is 16.6 Å². The van der Waals surface area contributed by atoms with E-state index >= 15 is 0 Å². The largest absolute Gasteiger partial charge is 0.391 e. The van der Waals surface area contributed by atoms with Crippen LogP contribution in [0.15, 0.2) is 16.7 Å². The number of nitrogens with zero attached hydrogens (tertiary/aromatic N) is 1. The zero-order valence-corrected chi connectivity index (χ0v) is 8.82. The Bertz CT molecular complexity index is 303. The maximum absolute atomic E-state index is 9.28. The molecular weight excluding hydrogens is 234 g/mol. The van der Waals surface area contributed by atoms with Crippen LogP contribution in [0, 0.1) is 0 Å². The van der Waals surface area contributed by atoms with Crippen molar-refractivity contribution in [1.29, 1.82) is 0 Å². The van der Waals surface area contributed by atoms with Crippen LogP contribution in [0.3, 0.4) is 0 Å². The number of aromatic nitrogens is 1. The van der Waals surface area contributed by atoms with Crippen LogP contribution in [-0.2, 0) is 0 Å². The van der Waals surface area contributed by atoms with Gasteiger partial charge in [-0.2, -0.15) is 0 Å². The first-order chi connectivity index (χ1) is 6.02. The molecule has 0 bridgehead atoms. The molecule has 0 unspecified atom stereocenters. The summed E-state index contributed by atoms with van der Waals surface area (Å²) in [5, 5.41) is 9.28. The van der Waals surface area contributed by atoms with Gasteiger partial charge in [0.05, 0.1) is 12.1 Å². The fourth-order valence-electron chi connectivity index (χ4n) is 0.987. The molecule has 5 N–H and O–H groups in total. The monoisotopic (exact) mass is 245 g/mol. The van der Waals surface area contributed by atoms with Gasteiger partial charge >= 0.3 is 0 Å². The van der Waals surface area contributed by atoms with E-state index in [1.165, 1.54) is 0 Å². The highest BCUT2D eigenvalue weighted by Crippen LogP contribution is 2.24. The fraction of sp³-hybridized carbons (Fsp3) is 0.375. The SMILES string of the molecule is C[C@@H](O)[C@@H](N)c1cc(N)ncc1Br. The fourth-order valence-corrected chi connectivity index (χ4v) is 1.47. The number of hydrogen-bond donors (Lipinski definition) is 3. The quantitative estimate of drug-likeness (QED) is 0.720. The Hall–Kier alpha value is -0.650. The van der Waals surface area contributed by atoms with E-state index in [0.717, 1.165) is 10.0 Å². The number of aliphatic hydroxyl groups excluding tert-OH is 1. The third-order valence-corrected chi connectivity index (χ3v) is 2.45. The normalized spacial score (nSPS) is 15.4. The second-order valence-electron chi connectivity index (χ2n) is 2.90. The molecule has 1 aromatic rings. The van der Waals surface area contributed by atoms with Crippen molar-refractivity contribution in [2.45, 2.75) is 19.1 Å². The summed E-state index contributed by atoms with van der Waals surface area (Å²) >= 11 is 3.29. The minimum Gasteiger partial charge on any atom is -0.391 e. The van der Waals surface area contributed by atoms with E-state index in [9.17, 15) is 5.11 Å². The first kappa shape index (κ1) is 10.4. The Kier molecular flexibility index (Phi) is 3.24. The summed E-state index contributed by atoms with van der Waals surface area (Å²) in [6.07, 6.45) is 0.963. The Balaban J connectivity index is 3.05. The molecule has 1 rings (SSSR count). The predicted octanol–water partition coefficient (Wildman–Crippen LogP) is 0.807. The van der Waals surface area contributed by atoms with Crippen molar-refractivity contribution in [3.8, 4) is 0 Å². The number of pyridine rings is 1. The highest BCUT2D eigenvalue weighted by atomic mass is 79.9. The second-order valence-corrected chi connectivity index (χ2v) is 3.75. The van der Waals surface area contributed by atoms with Crippen LogP contribution in [0.5, 0.6) is 0 Å². The smallest absolute Gasteiger partial charge is 0.123 e. The Labute approximate surface area is 85.1 Å². The number of hydrogen-bond acceptors (Lipinski definition) is 4. The lowest BCUT2D eigenvalue weighted by molar-refractivity contribution is 0.164. The molecule has 1 heterocycles. The third kappa shape index (κ3) is 2.40. The Morgan fingerprint density at radius 1 is 1.62 bits per heavy atom. The number of halogens is 1. The zero-order valence-electron chi connectivity index (χ0n) is 7.24. The summed E-state index contributed by atoms with van der Waals surface area (Å²) < 4.78 is 0.759. The number of rotatable bonds is 2. The van der Waals surface area contributed by atoms with Crippen molar-refractivity contribution in [3.05, 3.63) is 22.3 Å². The van der Waals surface area contributed by atoms with E-state index in [2.05, 4.69) is 20.9 Å². The number of anilines is 1. The van der Waals surface area contributed by atoms with Gasteiger partial charge in [0.1, 0.15) is 5.82 Å². The van der Waals surface area contributed by atoms with E-state index < -0.39 is 12.1 Å². The molecule has 0 spiro atoms. The highest BCUT2D eigenvalue weighted by molar-refractivity contribution is 9.10. The van der Waals surface area contributed by atoms with Crippen molar-refractivity contribution < 1.29 is 5.11 Å². The van der Waals surface area contributed by atoms with E-state index in [0.29, 0.717) is 5.82 Å². The van der Waals surface area contributed by atoms with Crippen LogP contribution in [0.4, 0.5) is 5.82 Å². The Morgan fingerprint density at radius 3 is 2.77 bits per heavy atom. The number of aliphatic hydroxyl groups is 1. The van der Waals surface area contributed by atoms with Crippen LogP contribution < -0.4 is 11.5 Å². The molecule has 0 aliphatic heterocycles. The van der Waals surface area contributed by atoms with Crippen molar-refractivity contribution in [3.63, 3.8) is 0 Å². The molecule has 13 heavy (non-hydrogen) atoms. The summed E-state index contributed by atoms with van der Waals surface area (Å²) in [6, 6.07) is 1.21. The topological polar surface area (TPSA) is 85.2 Å². The first-order valence-electron chi connectivity index (χ1n) is 3.87. The van der Waals surface area contributed by atoms with Crippen LogP contribution in [0.25, 0.3) is 0 Å². The minimum absolute atomic E-state index is 0.398. The Morgan fingerprint density at radius 2 is 2.23 bits per heavy atom. The molecular formula is C8H12BrN3O. The summed E-state index contributed by atoms with van der Waals surface area (Å²) in [4.78, 5) is 3.87. The summed E-state index contributed by atoms with van der Waals surface area (Å²) in [5.41, 5.74) is 12.0. The molecule has 1 aromatic heterocycles. The maximum Gasteiger partial charge on any atom is 0.123 e. The molecule has 0 aliphatic rings. The van der Waals surface area contributed by atoms with Crippen molar-refractivity contribution in [2.75, 3.05) is 5.73 Å². The number of nitrogens with two attached hydrogens (primary N) is 2. The van der Waals surface area contributed by atoms with Gasteiger partial charge in [0, 0.05) is 10.7 Å². The van der Waals surface area contributed by atoms with Crippen LogP contribution in [-0.4, -0.2) is 16.2 Å². The van der Waals surface area contributed by atoms with Crippen molar-refractivity contribution in [1.82, 2.24) is 4.98 Å². The molecule has 0 aromatic carbocycles. The van der Waals surface area contributed by atoms with Crippen molar-refractivity contribution in [2.24, 2.45) is 5.73 Å². The predicted molar refractivity (Wildman–Crippen MR) is 55.0 cm³/mol. The molecule has 4 nitrogen and oxygen atoms in total. The first-order valence-corrected chi connectivity index (χ1v) is 4.66. The molecule has 0 saturated carbocycles. The van der Waals surface area contributed by atoms with E-state index in [-0.39, 0.29) is 0 Å². The van der Waals surface area contributed by atoms with Gasteiger partial charge in [0.25, 0.3) is 0 Å². The standard InChI is InChI=1S/C8H12BrN3O/c1-4(13)8(11)5-2-7(10)12-3-6(5)9/h2-4,8,13H,11H2,1H3,(H2,10,12)/t4-,8-/m1/s1. The van der Waals surface area contributed by atoms with Gasteiger partial charge in [-0.05, 0) is 34.5 Å². The third-order valence-electron chi connectivity index (χ3n) is 1.78. The molecule has 2 atom stereocenters. The van der Waals surface area contributed by atoms with Gasteiger partial charge in [-0.3, -0.25) is 0 Å². The van der Waals surface area contributed by atoms with Gasteiger partial charge in [0.2, 0.25) is 0 Å². The van der Waals surface area contributed by atoms with Gasteiger partial charge in [-0.15, -0.1) is 0 Å². The molecule has 0 saturated heterocycles. The maximum atomic E-state index is 9.28. The van der Waals surface area contributed by atoms with Crippen LogP contribution in [0.1, 0.15) is 18.5 Å². The molecule has 0 aliphatic carbocycles. The average molecular weight is 246 g/mol. The number of nitrogen functional groups attached to an aromatic ring is 1. The zero-order chi connectivity index (χ0) is 10.0. The van der Waals surface area contributed by atoms with Crippen LogP contribution >= 0.6 is 15.9 Å². The van der Waals surface area contributed by atoms with Crippen molar-refractivity contribution >= 4 is 21.7 Å². The van der Waals surface area contributed by atoms with E-state index in [1.807, 2.05) is 0 Å². The molecule has 72 valence electrons.